The first kappa shape index (κ1) is 12.9. The normalized spacial score (nSPS) is 24.4. The van der Waals surface area contributed by atoms with Gasteiger partial charge in [-0.3, -0.25) is 0 Å². The van der Waals surface area contributed by atoms with Crippen molar-refractivity contribution in [1.29, 1.82) is 0 Å². The highest BCUT2D eigenvalue weighted by Crippen LogP contribution is 2.37. The zero-order valence-corrected chi connectivity index (χ0v) is 11.7. The van der Waals surface area contributed by atoms with Crippen molar-refractivity contribution in [2.45, 2.75) is 31.7 Å². The Bertz CT molecular complexity index is 427. The summed E-state index contributed by atoms with van der Waals surface area (Å²) in [7, 11) is 2.04. The van der Waals surface area contributed by atoms with E-state index in [2.05, 4.69) is 23.5 Å². The van der Waals surface area contributed by atoms with Crippen LogP contribution in [-0.2, 0) is 11.2 Å². The average molecular weight is 261 g/mol. The molecule has 2 atom stereocenters. The van der Waals surface area contributed by atoms with Crippen molar-refractivity contribution in [2.24, 2.45) is 5.92 Å². The van der Waals surface area contributed by atoms with E-state index in [9.17, 15) is 0 Å². The van der Waals surface area contributed by atoms with E-state index >= 15 is 0 Å². The Balaban J connectivity index is 1.90. The van der Waals surface area contributed by atoms with Crippen LogP contribution in [0, 0.1) is 5.92 Å². The van der Waals surface area contributed by atoms with Crippen molar-refractivity contribution in [2.75, 3.05) is 26.9 Å². The molecule has 3 heteroatoms. The molecular formula is C16H23NO2. The summed E-state index contributed by atoms with van der Waals surface area (Å²) in [5.41, 5.74) is 2.68. The Labute approximate surface area is 115 Å². The number of fused-ring (bicyclic) bond motifs is 1. The van der Waals surface area contributed by atoms with Gasteiger partial charge in [0, 0.05) is 24.1 Å². The fourth-order valence-corrected chi connectivity index (χ4v) is 3.33. The SMILES string of the molecule is CNC(c1cccc2c1OCCC2)C1CCCOC1. The standard InChI is InChI=1S/C16H23NO2/c1-17-15(13-7-3-9-18-11-13)14-8-2-5-12-6-4-10-19-16(12)14/h2,5,8,13,15,17H,3-4,6-7,9-11H2,1H3. The van der Waals surface area contributed by atoms with Gasteiger partial charge >= 0.3 is 0 Å². The first-order chi connectivity index (χ1) is 9.40. The zero-order chi connectivity index (χ0) is 13.1. The second-order valence-electron chi connectivity index (χ2n) is 5.53. The number of hydrogen-bond acceptors (Lipinski definition) is 3. The van der Waals surface area contributed by atoms with E-state index in [0.29, 0.717) is 12.0 Å². The van der Waals surface area contributed by atoms with Gasteiger partial charge in [-0.05, 0) is 38.3 Å². The molecule has 1 aromatic carbocycles. The van der Waals surface area contributed by atoms with Crippen molar-refractivity contribution in [3.8, 4) is 5.75 Å². The number of aryl methyl sites for hydroxylation is 1. The van der Waals surface area contributed by atoms with Gasteiger partial charge in [-0.15, -0.1) is 0 Å². The third-order valence-corrected chi connectivity index (χ3v) is 4.28. The Kier molecular flexibility index (Phi) is 4.04. The predicted molar refractivity (Wildman–Crippen MR) is 75.6 cm³/mol. The molecule has 104 valence electrons. The van der Waals surface area contributed by atoms with Crippen LogP contribution in [0.4, 0.5) is 0 Å². The molecule has 0 saturated carbocycles. The molecule has 1 N–H and O–H groups in total. The quantitative estimate of drug-likeness (QED) is 0.907. The van der Waals surface area contributed by atoms with Crippen molar-refractivity contribution in [1.82, 2.24) is 5.32 Å². The first-order valence-corrected chi connectivity index (χ1v) is 7.39. The van der Waals surface area contributed by atoms with Crippen molar-refractivity contribution in [3.63, 3.8) is 0 Å². The molecule has 0 radical (unpaired) electrons. The summed E-state index contributed by atoms with van der Waals surface area (Å²) in [4.78, 5) is 0. The fourth-order valence-electron chi connectivity index (χ4n) is 3.33. The number of rotatable bonds is 3. The largest absolute Gasteiger partial charge is 0.493 e. The lowest BCUT2D eigenvalue weighted by molar-refractivity contribution is 0.0396. The highest BCUT2D eigenvalue weighted by Gasteiger charge is 2.28. The summed E-state index contributed by atoms with van der Waals surface area (Å²) in [6.45, 7) is 2.62. The molecule has 0 aliphatic carbocycles. The predicted octanol–water partition coefficient (Wildman–Crippen LogP) is 2.70. The Hall–Kier alpha value is -1.06. The van der Waals surface area contributed by atoms with Gasteiger partial charge in [0.1, 0.15) is 5.75 Å². The summed E-state index contributed by atoms with van der Waals surface area (Å²) in [6.07, 6.45) is 4.67. The minimum atomic E-state index is 0.341. The molecule has 2 aliphatic rings. The van der Waals surface area contributed by atoms with Gasteiger partial charge in [0.05, 0.1) is 13.2 Å². The lowest BCUT2D eigenvalue weighted by Crippen LogP contribution is -2.32. The van der Waals surface area contributed by atoms with Crippen LogP contribution in [0.2, 0.25) is 0 Å². The number of hydrogen-bond donors (Lipinski definition) is 1. The molecule has 3 nitrogen and oxygen atoms in total. The molecule has 1 fully saturated rings. The number of benzene rings is 1. The van der Waals surface area contributed by atoms with Crippen LogP contribution in [0.1, 0.15) is 36.4 Å². The highest BCUT2D eigenvalue weighted by molar-refractivity contribution is 5.44. The van der Waals surface area contributed by atoms with Gasteiger partial charge in [-0.1, -0.05) is 18.2 Å². The maximum atomic E-state index is 5.95. The highest BCUT2D eigenvalue weighted by atomic mass is 16.5. The van der Waals surface area contributed by atoms with Gasteiger partial charge in [-0.25, -0.2) is 0 Å². The van der Waals surface area contributed by atoms with Gasteiger partial charge in [0.25, 0.3) is 0 Å². The van der Waals surface area contributed by atoms with Crippen LogP contribution in [0.5, 0.6) is 5.75 Å². The first-order valence-electron chi connectivity index (χ1n) is 7.39. The summed E-state index contributed by atoms with van der Waals surface area (Å²) < 4.78 is 11.6. The van der Waals surface area contributed by atoms with E-state index in [1.165, 1.54) is 24.0 Å². The Morgan fingerprint density at radius 2 is 2.21 bits per heavy atom. The fraction of sp³-hybridized carbons (Fsp3) is 0.625. The number of ether oxygens (including phenoxy) is 2. The van der Waals surface area contributed by atoms with E-state index in [4.69, 9.17) is 9.47 Å². The van der Waals surface area contributed by atoms with Crippen LogP contribution in [0.15, 0.2) is 18.2 Å². The molecule has 0 aromatic heterocycles. The Morgan fingerprint density at radius 1 is 1.26 bits per heavy atom. The minimum absolute atomic E-state index is 0.341. The molecule has 0 amide bonds. The third kappa shape index (κ3) is 2.63. The second kappa shape index (κ2) is 5.93. The smallest absolute Gasteiger partial charge is 0.127 e. The molecule has 19 heavy (non-hydrogen) atoms. The monoisotopic (exact) mass is 261 g/mol. The molecule has 2 aliphatic heterocycles. The zero-order valence-electron chi connectivity index (χ0n) is 11.7. The van der Waals surface area contributed by atoms with E-state index in [1.54, 1.807) is 0 Å². The summed E-state index contributed by atoms with van der Waals surface area (Å²) in [5.74, 6) is 1.68. The summed E-state index contributed by atoms with van der Waals surface area (Å²) in [6, 6.07) is 6.91. The van der Waals surface area contributed by atoms with E-state index in [1.807, 2.05) is 7.05 Å². The lowest BCUT2D eigenvalue weighted by atomic mass is 9.86. The lowest BCUT2D eigenvalue weighted by Gasteiger charge is -2.32. The van der Waals surface area contributed by atoms with Crippen LogP contribution < -0.4 is 10.1 Å². The van der Waals surface area contributed by atoms with E-state index in [0.717, 1.165) is 38.4 Å². The van der Waals surface area contributed by atoms with Gasteiger partial charge in [0.2, 0.25) is 0 Å². The van der Waals surface area contributed by atoms with E-state index in [-0.39, 0.29) is 0 Å². The second-order valence-corrected chi connectivity index (χ2v) is 5.53. The van der Waals surface area contributed by atoms with Gasteiger partial charge < -0.3 is 14.8 Å². The van der Waals surface area contributed by atoms with Gasteiger partial charge in [0.15, 0.2) is 0 Å². The molecule has 2 heterocycles. The molecule has 0 bridgehead atoms. The summed E-state index contributed by atoms with van der Waals surface area (Å²) >= 11 is 0. The molecule has 1 aromatic rings. The number of para-hydroxylation sites is 1. The van der Waals surface area contributed by atoms with Gasteiger partial charge in [-0.2, -0.15) is 0 Å². The topological polar surface area (TPSA) is 30.5 Å². The molecular weight excluding hydrogens is 238 g/mol. The number of nitrogens with one attached hydrogen (secondary N) is 1. The minimum Gasteiger partial charge on any atom is -0.493 e. The van der Waals surface area contributed by atoms with Crippen LogP contribution in [-0.4, -0.2) is 26.9 Å². The average Bonchev–Trinajstić information content (AvgIpc) is 2.49. The van der Waals surface area contributed by atoms with Crippen LogP contribution in [0.25, 0.3) is 0 Å². The molecule has 1 saturated heterocycles. The van der Waals surface area contributed by atoms with Crippen LogP contribution >= 0.6 is 0 Å². The van der Waals surface area contributed by atoms with E-state index < -0.39 is 0 Å². The Morgan fingerprint density at radius 3 is 3.00 bits per heavy atom. The van der Waals surface area contributed by atoms with Crippen molar-refractivity contribution < 1.29 is 9.47 Å². The maximum Gasteiger partial charge on any atom is 0.127 e. The van der Waals surface area contributed by atoms with Crippen molar-refractivity contribution in [3.05, 3.63) is 29.3 Å². The molecule has 2 unspecified atom stereocenters. The molecule has 3 rings (SSSR count). The third-order valence-electron chi connectivity index (χ3n) is 4.28. The van der Waals surface area contributed by atoms with Crippen molar-refractivity contribution >= 4 is 0 Å². The maximum absolute atomic E-state index is 5.95. The molecule has 0 spiro atoms. The van der Waals surface area contributed by atoms with Crippen LogP contribution in [0.3, 0.4) is 0 Å². The summed E-state index contributed by atoms with van der Waals surface area (Å²) in [5, 5.41) is 3.48.